The lowest BCUT2D eigenvalue weighted by molar-refractivity contribution is 0.0444. The van der Waals surface area contributed by atoms with Gasteiger partial charge in [-0.25, -0.2) is 9.59 Å². The molecule has 0 unspecified atom stereocenters. The van der Waals surface area contributed by atoms with E-state index in [4.69, 9.17) is 18.9 Å². The van der Waals surface area contributed by atoms with Crippen molar-refractivity contribution in [3.05, 3.63) is 41.5 Å². The van der Waals surface area contributed by atoms with Crippen LogP contribution in [0.2, 0.25) is 0 Å². The largest absolute Gasteiger partial charge is 0.493 e. The van der Waals surface area contributed by atoms with Gasteiger partial charge >= 0.3 is 11.9 Å². The smallest absolute Gasteiger partial charge is 0.347 e. The SMILES string of the molecule is COc1cc2cc3c(c(-c4ccc(OC)c(OC)c4)c2s1)C(=O)OC3=O. The van der Waals surface area contributed by atoms with Crippen molar-refractivity contribution in [1.82, 2.24) is 0 Å². The van der Waals surface area contributed by atoms with E-state index in [-0.39, 0.29) is 11.1 Å². The number of methoxy groups -OCH3 is 3. The summed E-state index contributed by atoms with van der Waals surface area (Å²) < 4.78 is 21.6. The first-order valence-electron chi connectivity index (χ1n) is 7.70. The summed E-state index contributed by atoms with van der Waals surface area (Å²) in [5.41, 5.74) is 1.87. The summed E-state index contributed by atoms with van der Waals surface area (Å²) in [6, 6.07) is 8.85. The molecule has 1 aliphatic heterocycles. The fourth-order valence-electron chi connectivity index (χ4n) is 3.09. The number of fused-ring (bicyclic) bond motifs is 2. The lowest BCUT2D eigenvalue weighted by atomic mass is 9.94. The first-order chi connectivity index (χ1) is 12.6. The molecule has 0 N–H and O–H groups in total. The van der Waals surface area contributed by atoms with Gasteiger partial charge in [-0.1, -0.05) is 17.4 Å². The van der Waals surface area contributed by atoms with Crippen LogP contribution >= 0.6 is 11.3 Å². The maximum Gasteiger partial charge on any atom is 0.347 e. The number of carbonyl (C=O) groups excluding carboxylic acids is 2. The van der Waals surface area contributed by atoms with Crippen LogP contribution < -0.4 is 14.2 Å². The third-order valence-corrected chi connectivity index (χ3v) is 5.40. The molecule has 1 aliphatic rings. The molecule has 26 heavy (non-hydrogen) atoms. The van der Waals surface area contributed by atoms with Gasteiger partial charge in [0.05, 0.1) is 32.5 Å². The molecule has 1 aromatic heterocycles. The van der Waals surface area contributed by atoms with Crippen LogP contribution in [0.5, 0.6) is 16.6 Å². The Bertz CT molecular complexity index is 1070. The first kappa shape index (κ1) is 16.4. The standard InChI is InChI=1S/C19H14O6S/c1-22-12-5-4-9(7-13(12)23-2)15-16-11(18(20)25-19(16)21)6-10-8-14(24-3)26-17(10)15/h4-8H,1-3H3. The molecule has 2 aromatic carbocycles. The van der Waals surface area contributed by atoms with Crippen molar-refractivity contribution < 1.29 is 28.5 Å². The van der Waals surface area contributed by atoms with E-state index >= 15 is 0 Å². The summed E-state index contributed by atoms with van der Waals surface area (Å²) in [5.74, 6) is -0.192. The Morgan fingerprint density at radius 1 is 0.846 bits per heavy atom. The number of carbonyl (C=O) groups is 2. The Kier molecular flexibility index (Phi) is 3.81. The Morgan fingerprint density at radius 2 is 1.62 bits per heavy atom. The van der Waals surface area contributed by atoms with Crippen LogP contribution in [0.1, 0.15) is 20.7 Å². The van der Waals surface area contributed by atoms with Gasteiger partial charge in [-0.05, 0) is 35.2 Å². The molecule has 0 saturated heterocycles. The first-order valence-corrected chi connectivity index (χ1v) is 8.52. The predicted octanol–water partition coefficient (Wildman–Crippen LogP) is 3.90. The fraction of sp³-hybridized carbons (Fsp3) is 0.158. The van der Waals surface area contributed by atoms with E-state index in [1.54, 1.807) is 39.5 Å². The number of cyclic esters (lactones) is 2. The number of hydrogen-bond acceptors (Lipinski definition) is 7. The average molecular weight is 370 g/mol. The van der Waals surface area contributed by atoms with Crippen molar-refractivity contribution in [2.45, 2.75) is 0 Å². The second-order valence-electron chi connectivity index (χ2n) is 5.61. The molecule has 7 heteroatoms. The Labute approximate surface area is 152 Å². The minimum absolute atomic E-state index is 0.257. The normalized spacial score (nSPS) is 12.9. The molecule has 0 fully saturated rings. The number of ether oxygens (including phenoxy) is 4. The van der Waals surface area contributed by atoms with Crippen molar-refractivity contribution in [2.24, 2.45) is 0 Å². The Morgan fingerprint density at radius 3 is 2.31 bits per heavy atom. The van der Waals surface area contributed by atoms with Crippen LogP contribution in [0.25, 0.3) is 21.2 Å². The zero-order valence-electron chi connectivity index (χ0n) is 14.2. The molecule has 0 amide bonds. The maximum atomic E-state index is 12.3. The highest BCUT2D eigenvalue weighted by Crippen LogP contribution is 2.45. The summed E-state index contributed by atoms with van der Waals surface area (Å²) in [7, 11) is 4.67. The van der Waals surface area contributed by atoms with Crippen molar-refractivity contribution in [2.75, 3.05) is 21.3 Å². The van der Waals surface area contributed by atoms with Crippen LogP contribution in [0.4, 0.5) is 0 Å². The Hall–Kier alpha value is -3.06. The summed E-state index contributed by atoms with van der Waals surface area (Å²) in [6.45, 7) is 0. The molecule has 3 aromatic rings. The fourth-order valence-corrected chi connectivity index (χ4v) is 4.12. The lowest BCUT2D eigenvalue weighted by Gasteiger charge is -2.12. The van der Waals surface area contributed by atoms with Gasteiger partial charge in [-0.3, -0.25) is 0 Å². The molecule has 132 valence electrons. The van der Waals surface area contributed by atoms with E-state index < -0.39 is 11.9 Å². The number of rotatable bonds is 4. The molecule has 4 rings (SSSR count). The topological polar surface area (TPSA) is 71.1 Å². The van der Waals surface area contributed by atoms with Gasteiger partial charge in [0.2, 0.25) is 0 Å². The quantitative estimate of drug-likeness (QED) is 0.512. The van der Waals surface area contributed by atoms with Gasteiger partial charge < -0.3 is 18.9 Å². The molecule has 2 heterocycles. The third kappa shape index (κ3) is 2.32. The van der Waals surface area contributed by atoms with Gasteiger partial charge in [-0.15, -0.1) is 0 Å². The minimum Gasteiger partial charge on any atom is -0.493 e. The highest BCUT2D eigenvalue weighted by molar-refractivity contribution is 7.21. The van der Waals surface area contributed by atoms with Crippen molar-refractivity contribution in [1.29, 1.82) is 0 Å². The van der Waals surface area contributed by atoms with Crippen LogP contribution in [0.15, 0.2) is 30.3 Å². The summed E-state index contributed by atoms with van der Waals surface area (Å²) in [4.78, 5) is 24.4. The lowest BCUT2D eigenvalue weighted by Crippen LogP contribution is -1.99. The van der Waals surface area contributed by atoms with E-state index in [1.807, 2.05) is 12.1 Å². The van der Waals surface area contributed by atoms with E-state index in [9.17, 15) is 9.59 Å². The van der Waals surface area contributed by atoms with E-state index in [2.05, 4.69) is 0 Å². The minimum atomic E-state index is -0.649. The second-order valence-corrected chi connectivity index (χ2v) is 6.62. The van der Waals surface area contributed by atoms with Crippen LogP contribution in [-0.2, 0) is 4.74 Å². The predicted molar refractivity (Wildman–Crippen MR) is 96.7 cm³/mol. The molecule has 0 spiro atoms. The van der Waals surface area contributed by atoms with Gasteiger partial charge in [0.25, 0.3) is 0 Å². The molecule has 0 atom stereocenters. The van der Waals surface area contributed by atoms with Crippen LogP contribution in [0, 0.1) is 0 Å². The third-order valence-electron chi connectivity index (χ3n) is 4.27. The molecular weight excluding hydrogens is 356 g/mol. The zero-order valence-corrected chi connectivity index (χ0v) is 15.1. The Balaban J connectivity index is 2.08. The summed E-state index contributed by atoms with van der Waals surface area (Å²) in [6.07, 6.45) is 0. The van der Waals surface area contributed by atoms with Crippen molar-refractivity contribution in [3.8, 4) is 27.7 Å². The van der Waals surface area contributed by atoms with Crippen molar-refractivity contribution in [3.63, 3.8) is 0 Å². The van der Waals surface area contributed by atoms with Crippen molar-refractivity contribution >= 4 is 33.4 Å². The molecule has 0 bridgehead atoms. The monoisotopic (exact) mass is 370 g/mol. The van der Waals surface area contributed by atoms with Crippen LogP contribution in [0.3, 0.4) is 0 Å². The number of benzene rings is 2. The van der Waals surface area contributed by atoms with Gasteiger partial charge in [0.15, 0.2) is 16.6 Å². The van der Waals surface area contributed by atoms with Crippen LogP contribution in [-0.4, -0.2) is 33.3 Å². The summed E-state index contributed by atoms with van der Waals surface area (Å²) in [5, 5.41) is 1.49. The second kappa shape index (κ2) is 6.03. The maximum absolute atomic E-state index is 12.3. The molecule has 0 aliphatic carbocycles. The summed E-state index contributed by atoms with van der Waals surface area (Å²) >= 11 is 1.40. The molecule has 0 saturated carbocycles. The average Bonchev–Trinajstić information content (AvgIpc) is 3.20. The van der Waals surface area contributed by atoms with Gasteiger partial charge in [0.1, 0.15) is 0 Å². The highest BCUT2D eigenvalue weighted by atomic mass is 32.1. The number of hydrogen-bond donors (Lipinski definition) is 0. The van der Waals surface area contributed by atoms with E-state index in [1.165, 1.54) is 11.3 Å². The molecule has 0 radical (unpaired) electrons. The molecule has 6 nitrogen and oxygen atoms in total. The van der Waals surface area contributed by atoms with Gasteiger partial charge in [0, 0.05) is 10.3 Å². The van der Waals surface area contributed by atoms with E-state index in [0.29, 0.717) is 22.1 Å². The zero-order chi connectivity index (χ0) is 18.4. The van der Waals surface area contributed by atoms with E-state index in [0.717, 1.165) is 15.6 Å². The number of thiophene rings is 1. The highest BCUT2D eigenvalue weighted by Gasteiger charge is 2.35. The van der Waals surface area contributed by atoms with Gasteiger partial charge in [-0.2, -0.15) is 0 Å². The number of esters is 2. The molecular formula is C19H14O6S.